The van der Waals surface area contributed by atoms with Crippen LogP contribution in [-0.4, -0.2) is 86.6 Å². The number of esters is 4. The van der Waals surface area contributed by atoms with Gasteiger partial charge >= 0.3 is 23.9 Å². The molecule has 0 bridgehead atoms. The van der Waals surface area contributed by atoms with Crippen molar-refractivity contribution in [2.75, 3.05) is 52.9 Å². The highest BCUT2D eigenvalue weighted by Gasteiger charge is 2.12. The zero-order valence-electron chi connectivity index (χ0n) is 25.6. The molecule has 0 aliphatic rings. The molecule has 0 aromatic heterocycles. The highest BCUT2D eigenvalue weighted by Crippen LogP contribution is 2.14. The first-order valence-electron chi connectivity index (χ1n) is 14.5. The summed E-state index contributed by atoms with van der Waals surface area (Å²) in [7, 11) is 0. The molecule has 0 aliphatic heterocycles. The number of carbonyl (C=O) groups excluding carboxylic acids is 4. The quantitative estimate of drug-likeness (QED) is 0.0555. The standard InChI is InChI=1S/C32H32N2O14/c35-29(21-23-1-9-27(10-2-23)33(39)40)45-17-13-43-15-19-47-31(37)25-5-7-26(8-6-25)32(38)48-20-16-44-14-18-46-30(36)22-24-3-11-28(12-4-24)34(41)42/h1-12H,13-22H2. The molecular formula is C32H32N2O14. The van der Waals surface area contributed by atoms with Gasteiger partial charge in [-0.2, -0.15) is 0 Å². The summed E-state index contributed by atoms with van der Waals surface area (Å²) < 4.78 is 30.9. The van der Waals surface area contributed by atoms with E-state index in [0.717, 1.165) is 0 Å². The molecule has 16 nitrogen and oxygen atoms in total. The molecule has 0 N–H and O–H groups in total. The second kappa shape index (κ2) is 19.7. The third-order valence-corrected chi connectivity index (χ3v) is 6.25. The maximum Gasteiger partial charge on any atom is 0.338 e. The Labute approximate surface area is 273 Å². The predicted molar refractivity (Wildman–Crippen MR) is 164 cm³/mol. The van der Waals surface area contributed by atoms with Crippen LogP contribution >= 0.6 is 0 Å². The largest absolute Gasteiger partial charge is 0.463 e. The van der Waals surface area contributed by atoms with Gasteiger partial charge in [0.1, 0.15) is 26.4 Å². The van der Waals surface area contributed by atoms with Gasteiger partial charge in [-0.1, -0.05) is 24.3 Å². The van der Waals surface area contributed by atoms with Crippen molar-refractivity contribution in [3.8, 4) is 0 Å². The lowest BCUT2D eigenvalue weighted by molar-refractivity contribution is -0.385. The van der Waals surface area contributed by atoms with Crippen LogP contribution in [0.25, 0.3) is 0 Å². The van der Waals surface area contributed by atoms with Gasteiger partial charge in [0.2, 0.25) is 0 Å². The van der Waals surface area contributed by atoms with Gasteiger partial charge in [0.15, 0.2) is 0 Å². The first-order chi connectivity index (χ1) is 23.1. The average molecular weight is 669 g/mol. The Balaban J connectivity index is 1.19. The van der Waals surface area contributed by atoms with Crippen LogP contribution in [0.1, 0.15) is 31.8 Å². The average Bonchev–Trinajstić information content (AvgIpc) is 3.07. The zero-order chi connectivity index (χ0) is 34.7. The molecule has 0 radical (unpaired) electrons. The third-order valence-electron chi connectivity index (χ3n) is 6.25. The fraction of sp³-hybridized carbons (Fsp3) is 0.312. The molecule has 0 amide bonds. The van der Waals surface area contributed by atoms with Crippen molar-refractivity contribution in [3.63, 3.8) is 0 Å². The molecule has 0 fully saturated rings. The van der Waals surface area contributed by atoms with Crippen LogP contribution in [-0.2, 0) is 50.9 Å². The molecule has 0 heterocycles. The summed E-state index contributed by atoms with van der Waals surface area (Å²) in [5.74, 6) is -2.30. The maximum atomic E-state index is 12.2. The van der Waals surface area contributed by atoms with Crippen LogP contribution in [0.2, 0.25) is 0 Å². The molecule has 254 valence electrons. The van der Waals surface area contributed by atoms with Crippen LogP contribution < -0.4 is 0 Å². The summed E-state index contributed by atoms with van der Waals surface area (Å²) >= 11 is 0. The topological polar surface area (TPSA) is 210 Å². The minimum absolute atomic E-state index is 0.0212. The smallest absolute Gasteiger partial charge is 0.338 e. The van der Waals surface area contributed by atoms with E-state index in [1.165, 1.54) is 72.8 Å². The first kappa shape index (κ1) is 36.7. The highest BCUT2D eigenvalue weighted by atomic mass is 16.6. The first-order valence-corrected chi connectivity index (χ1v) is 14.5. The molecule has 48 heavy (non-hydrogen) atoms. The van der Waals surface area contributed by atoms with Gasteiger partial charge in [0, 0.05) is 24.3 Å². The number of nitrogens with zero attached hydrogens (tertiary/aromatic N) is 2. The van der Waals surface area contributed by atoms with Crippen LogP contribution in [0.4, 0.5) is 11.4 Å². The number of rotatable bonds is 20. The number of benzene rings is 3. The Morgan fingerprint density at radius 3 is 1.08 bits per heavy atom. The van der Waals surface area contributed by atoms with Crippen molar-refractivity contribution in [1.29, 1.82) is 0 Å². The van der Waals surface area contributed by atoms with E-state index in [-0.39, 0.29) is 88.2 Å². The summed E-state index contributed by atoms with van der Waals surface area (Å²) in [5, 5.41) is 21.4. The number of non-ortho nitro benzene ring substituents is 2. The molecule has 3 aromatic carbocycles. The summed E-state index contributed by atoms with van der Waals surface area (Å²) in [6, 6.07) is 16.8. The second-order valence-electron chi connectivity index (χ2n) is 9.72. The molecule has 3 rings (SSSR count). The molecule has 3 aromatic rings. The highest BCUT2D eigenvalue weighted by molar-refractivity contribution is 5.93. The van der Waals surface area contributed by atoms with Crippen molar-refractivity contribution in [3.05, 3.63) is 115 Å². The van der Waals surface area contributed by atoms with Crippen LogP contribution in [0.5, 0.6) is 0 Å². The lowest BCUT2D eigenvalue weighted by atomic mass is 10.1. The number of nitro benzene ring substituents is 2. The van der Waals surface area contributed by atoms with Crippen LogP contribution in [0, 0.1) is 20.2 Å². The number of hydrogen-bond donors (Lipinski definition) is 0. The summed E-state index contributed by atoms with van der Waals surface area (Å²) in [5.41, 5.74) is 1.41. The third kappa shape index (κ3) is 13.3. The summed E-state index contributed by atoms with van der Waals surface area (Å²) in [6.07, 6.45) is -0.0870. The Bertz CT molecular complexity index is 1420. The summed E-state index contributed by atoms with van der Waals surface area (Å²) in [6.45, 7) is 0.109. The minimum Gasteiger partial charge on any atom is -0.463 e. The zero-order valence-corrected chi connectivity index (χ0v) is 25.6. The van der Waals surface area contributed by atoms with E-state index < -0.39 is 33.7 Å². The van der Waals surface area contributed by atoms with E-state index in [1.54, 1.807) is 0 Å². The predicted octanol–water partition coefficient (Wildman–Crippen LogP) is 3.42. The minimum atomic E-state index is -0.630. The van der Waals surface area contributed by atoms with E-state index in [2.05, 4.69) is 0 Å². The molecule has 0 unspecified atom stereocenters. The number of carbonyl (C=O) groups is 4. The SMILES string of the molecule is O=C(Cc1ccc([N+](=O)[O-])cc1)OCCOCCOC(=O)c1ccc(C(=O)OCCOCCOC(=O)Cc2ccc([N+](=O)[O-])cc2)cc1. The number of nitro groups is 2. The molecule has 0 aliphatic carbocycles. The Hall–Kier alpha value is -5.74. The number of hydrogen-bond acceptors (Lipinski definition) is 14. The lowest BCUT2D eigenvalue weighted by Crippen LogP contribution is -2.16. The normalized spacial score (nSPS) is 10.5. The second-order valence-corrected chi connectivity index (χ2v) is 9.72. The van der Waals surface area contributed by atoms with Crippen molar-refractivity contribution < 1.29 is 57.4 Å². The van der Waals surface area contributed by atoms with Crippen molar-refractivity contribution in [2.45, 2.75) is 12.8 Å². The van der Waals surface area contributed by atoms with Gasteiger partial charge in [0.25, 0.3) is 11.4 Å². The molecule has 0 saturated carbocycles. The number of ether oxygens (including phenoxy) is 6. The Kier molecular flexibility index (Phi) is 15.1. The maximum absolute atomic E-state index is 12.2. The van der Waals surface area contributed by atoms with Crippen LogP contribution in [0.15, 0.2) is 72.8 Å². The monoisotopic (exact) mass is 668 g/mol. The summed E-state index contributed by atoms with van der Waals surface area (Å²) in [4.78, 5) is 68.5. The van der Waals surface area contributed by atoms with Crippen LogP contribution in [0.3, 0.4) is 0 Å². The Morgan fingerprint density at radius 1 is 0.458 bits per heavy atom. The molecular weight excluding hydrogens is 636 g/mol. The molecule has 16 heteroatoms. The van der Waals surface area contributed by atoms with Crippen molar-refractivity contribution >= 4 is 35.3 Å². The van der Waals surface area contributed by atoms with E-state index in [9.17, 15) is 39.4 Å². The fourth-order valence-electron chi connectivity index (χ4n) is 3.84. The van der Waals surface area contributed by atoms with Gasteiger partial charge in [-0.05, 0) is 35.4 Å². The van der Waals surface area contributed by atoms with Gasteiger partial charge in [-0.3, -0.25) is 29.8 Å². The van der Waals surface area contributed by atoms with E-state index in [0.29, 0.717) is 11.1 Å². The van der Waals surface area contributed by atoms with E-state index in [1.807, 2.05) is 0 Å². The Morgan fingerprint density at radius 2 is 0.771 bits per heavy atom. The van der Waals surface area contributed by atoms with Gasteiger partial charge in [-0.15, -0.1) is 0 Å². The lowest BCUT2D eigenvalue weighted by Gasteiger charge is -2.09. The van der Waals surface area contributed by atoms with E-state index in [4.69, 9.17) is 28.4 Å². The van der Waals surface area contributed by atoms with Crippen molar-refractivity contribution in [2.24, 2.45) is 0 Å². The van der Waals surface area contributed by atoms with Gasteiger partial charge in [-0.25, -0.2) is 9.59 Å². The van der Waals surface area contributed by atoms with Crippen molar-refractivity contribution in [1.82, 2.24) is 0 Å². The molecule has 0 spiro atoms. The van der Waals surface area contributed by atoms with Gasteiger partial charge in [0.05, 0.1) is 60.2 Å². The fourth-order valence-corrected chi connectivity index (χ4v) is 3.84. The van der Waals surface area contributed by atoms with Gasteiger partial charge < -0.3 is 28.4 Å². The molecule has 0 saturated heterocycles. The van der Waals surface area contributed by atoms with E-state index >= 15 is 0 Å². The molecule has 0 atom stereocenters.